The molecule has 0 aromatic heterocycles. The zero-order valence-corrected chi connectivity index (χ0v) is 11.2. The van der Waals surface area contributed by atoms with Crippen molar-refractivity contribution >= 4 is 16.0 Å². The lowest BCUT2D eigenvalue weighted by atomic mass is 10.3. The van der Waals surface area contributed by atoms with Gasteiger partial charge in [0.15, 0.2) is 0 Å². The first-order valence-corrected chi connectivity index (χ1v) is 7.18. The molecule has 0 fully saturated rings. The molecular formula is C12H17NO4S. The second-order valence-electron chi connectivity index (χ2n) is 3.85. The summed E-state index contributed by atoms with van der Waals surface area (Å²) in [5, 5.41) is 0. The molecule has 1 rings (SSSR count). The lowest BCUT2D eigenvalue weighted by molar-refractivity contribution is -0.146. The maximum absolute atomic E-state index is 11.8. The van der Waals surface area contributed by atoms with Crippen molar-refractivity contribution in [3.8, 4) is 0 Å². The molecule has 0 radical (unpaired) electrons. The molecule has 6 heteroatoms. The van der Waals surface area contributed by atoms with Crippen LogP contribution in [0.2, 0.25) is 0 Å². The normalized spacial score (nSPS) is 13.0. The van der Waals surface area contributed by atoms with Crippen LogP contribution in [0.25, 0.3) is 0 Å². The van der Waals surface area contributed by atoms with E-state index in [1.165, 1.54) is 12.1 Å². The molecule has 1 atom stereocenters. The van der Waals surface area contributed by atoms with Crippen LogP contribution in [0.5, 0.6) is 0 Å². The third-order valence-corrected chi connectivity index (χ3v) is 3.78. The summed E-state index contributed by atoms with van der Waals surface area (Å²) in [6.07, 6.45) is 0.482. The lowest BCUT2D eigenvalue weighted by Gasteiger charge is -2.11. The number of nitrogens with one attached hydrogen (secondary N) is 1. The zero-order valence-electron chi connectivity index (χ0n) is 10.4. The van der Waals surface area contributed by atoms with Crippen LogP contribution in [0.15, 0.2) is 35.2 Å². The molecule has 0 aliphatic carbocycles. The summed E-state index contributed by atoms with van der Waals surface area (Å²) in [7, 11) is -3.65. The van der Waals surface area contributed by atoms with Crippen LogP contribution in [0.1, 0.15) is 20.3 Å². The number of carbonyl (C=O) groups is 1. The Morgan fingerprint density at radius 1 is 1.33 bits per heavy atom. The van der Waals surface area contributed by atoms with Crippen LogP contribution >= 0.6 is 0 Å². The van der Waals surface area contributed by atoms with Gasteiger partial charge in [0.2, 0.25) is 10.0 Å². The minimum atomic E-state index is -3.65. The Balaban J connectivity index is 2.56. The van der Waals surface area contributed by atoms with Crippen LogP contribution in [0.4, 0.5) is 0 Å². The van der Waals surface area contributed by atoms with Gasteiger partial charge in [0, 0.05) is 0 Å². The number of carbonyl (C=O) groups excluding carboxylic acids is 1. The van der Waals surface area contributed by atoms with Gasteiger partial charge in [0.25, 0.3) is 0 Å². The van der Waals surface area contributed by atoms with Gasteiger partial charge in [0.05, 0.1) is 11.0 Å². The van der Waals surface area contributed by atoms with E-state index < -0.39 is 16.0 Å². The molecule has 1 N–H and O–H groups in total. The molecule has 0 bridgehead atoms. The average molecular weight is 271 g/mol. The smallest absolute Gasteiger partial charge is 0.321 e. The molecule has 18 heavy (non-hydrogen) atoms. The predicted octanol–water partition coefficient (Wildman–Crippen LogP) is 1.31. The van der Waals surface area contributed by atoms with Crippen molar-refractivity contribution in [1.82, 2.24) is 4.72 Å². The van der Waals surface area contributed by atoms with E-state index in [9.17, 15) is 13.2 Å². The molecule has 0 heterocycles. The monoisotopic (exact) mass is 271 g/mol. The van der Waals surface area contributed by atoms with Crippen molar-refractivity contribution in [2.75, 3.05) is 6.54 Å². The van der Waals surface area contributed by atoms with Crippen molar-refractivity contribution in [2.24, 2.45) is 0 Å². The fourth-order valence-electron chi connectivity index (χ4n) is 1.19. The van der Waals surface area contributed by atoms with Gasteiger partial charge in [-0.25, -0.2) is 8.42 Å². The van der Waals surface area contributed by atoms with Crippen LogP contribution in [0.3, 0.4) is 0 Å². The van der Waals surface area contributed by atoms with E-state index in [1.54, 1.807) is 25.1 Å². The van der Waals surface area contributed by atoms with Crippen LogP contribution in [0, 0.1) is 0 Å². The predicted molar refractivity (Wildman–Crippen MR) is 67.5 cm³/mol. The van der Waals surface area contributed by atoms with E-state index in [0.717, 1.165) is 0 Å². The second kappa shape index (κ2) is 6.51. The van der Waals surface area contributed by atoms with Gasteiger partial charge in [-0.1, -0.05) is 25.1 Å². The standard InChI is InChI=1S/C12H17NO4S/c1-3-10(2)17-12(14)9-13-18(15,16)11-7-5-4-6-8-11/h4-8,10,13H,3,9H2,1-2H3. The minimum Gasteiger partial charge on any atom is -0.462 e. The van der Waals surface area contributed by atoms with Crippen LogP contribution < -0.4 is 4.72 Å². The first-order valence-electron chi connectivity index (χ1n) is 5.70. The number of hydrogen-bond donors (Lipinski definition) is 1. The number of benzene rings is 1. The summed E-state index contributed by atoms with van der Waals surface area (Å²) in [6.45, 7) is 3.28. The van der Waals surface area contributed by atoms with E-state index in [1.807, 2.05) is 6.92 Å². The van der Waals surface area contributed by atoms with E-state index in [4.69, 9.17) is 4.74 Å². The summed E-state index contributed by atoms with van der Waals surface area (Å²) >= 11 is 0. The second-order valence-corrected chi connectivity index (χ2v) is 5.61. The average Bonchev–Trinajstić information content (AvgIpc) is 2.37. The lowest BCUT2D eigenvalue weighted by Crippen LogP contribution is -2.32. The highest BCUT2D eigenvalue weighted by Crippen LogP contribution is 2.06. The van der Waals surface area contributed by atoms with Gasteiger partial charge in [-0.15, -0.1) is 0 Å². The van der Waals surface area contributed by atoms with E-state index in [-0.39, 0.29) is 17.5 Å². The Kier molecular flexibility index (Phi) is 5.30. The highest BCUT2D eigenvalue weighted by molar-refractivity contribution is 7.89. The summed E-state index contributed by atoms with van der Waals surface area (Å²) in [5.74, 6) is -0.580. The number of ether oxygens (including phenoxy) is 1. The zero-order chi connectivity index (χ0) is 13.6. The number of hydrogen-bond acceptors (Lipinski definition) is 4. The molecule has 1 aromatic carbocycles. The van der Waals surface area contributed by atoms with Gasteiger partial charge >= 0.3 is 5.97 Å². The molecule has 0 saturated heterocycles. The Morgan fingerprint density at radius 2 is 1.94 bits per heavy atom. The third-order valence-electron chi connectivity index (χ3n) is 2.37. The molecule has 1 aromatic rings. The number of rotatable bonds is 6. The fourth-order valence-corrected chi connectivity index (χ4v) is 2.18. The van der Waals surface area contributed by atoms with Gasteiger partial charge in [-0.3, -0.25) is 4.79 Å². The highest BCUT2D eigenvalue weighted by atomic mass is 32.2. The Labute approximate surface area is 107 Å². The summed E-state index contributed by atoms with van der Waals surface area (Å²) in [4.78, 5) is 11.5. The molecule has 0 aliphatic heterocycles. The van der Waals surface area contributed by atoms with E-state index in [0.29, 0.717) is 6.42 Å². The third kappa shape index (κ3) is 4.46. The summed E-state index contributed by atoms with van der Waals surface area (Å²) in [5.41, 5.74) is 0. The van der Waals surface area contributed by atoms with Crippen molar-refractivity contribution in [3.05, 3.63) is 30.3 Å². The largest absolute Gasteiger partial charge is 0.462 e. The van der Waals surface area contributed by atoms with Crippen molar-refractivity contribution in [3.63, 3.8) is 0 Å². The topological polar surface area (TPSA) is 72.5 Å². The Morgan fingerprint density at radius 3 is 2.50 bits per heavy atom. The number of esters is 1. The molecule has 0 saturated carbocycles. The maximum atomic E-state index is 11.8. The first-order chi connectivity index (χ1) is 8.45. The van der Waals surface area contributed by atoms with Crippen molar-refractivity contribution in [1.29, 1.82) is 0 Å². The first kappa shape index (κ1) is 14.7. The van der Waals surface area contributed by atoms with E-state index >= 15 is 0 Å². The molecule has 1 unspecified atom stereocenters. The van der Waals surface area contributed by atoms with Gasteiger partial charge < -0.3 is 4.74 Å². The minimum absolute atomic E-state index is 0.126. The quantitative estimate of drug-likeness (QED) is 0.792. The van der Waals surface area contributed by atoms with E-state index in [2.05, 4.69) is 4.72 Å². The summed E-state index contributed by atoms with van der Waals surface area (Å²) < 4.78 is 30.7. The molecule has 0 spiro atoms. The fraction of sp³-hybridized carbons (Fsp3) is 0.417. The van der Waals surface area contributed by atoms with Crippen LogP contribution in [-0.2, 0) is 19.6 Å². The maximum Gasteiger partial charge on any atom is 0.321 e. The molecule has 0 amide bonds. The summed E-state index contributed by atoms with van der Waals surface area (Å²) in [6, 6.07) is 7.87. The molecule has 100 valence electrons. The van der Waals surface area contributed by atoms with Gasteiger partial charge in [-0.05, 0) is 25.5 Å². The van der Waals surface area contributed by atoms with Crippen molar-refractivity contribution < 1.29 is 17.9 Å². The highest BCUT2D eigenvalue weighted by Gasteiger charge is 2.16. The molecule has 5 nitrogen and oxygen atoms in total. The van der Waals surface area contributed by atoms with Gasteiger partial charge in [0.1, 0.15) is 6.54 Å². The molecular weight excluding hydrogens is 254 g/mol. The SMILES string of the molecule is CCC(C)OC(=O)CNS(=O)(=O)c1ccccc1. The molecule has 0 aliphatic rings. The van der Waals surface area contributed by atoms with Crippen molar-refractivity contribution in [2.45, 2.75) is 31.3 Å². The Bertz CT molecular complexity index is 484. The Hall–Kier alpha value is -1.40. The number of sulfonamides is 1. The van der Waals surface area contributed by atoms with Crippen LogP contribution in [-0.4, -0.2) is 27.0 Å². The van der Waals surface area contributed by atoms with Gasteiger partial charge in [-0.2, -0.15) is 4.72 Å².